The van der Waals surface area contributed by atoms with Crippen molar-refractivity contribution in [2.45, 2.75) is 52.4 Å². The first-order valence-corrected chi connectivity index (χ1v) is 8.33. The summed E-state index contributed by atoms with van der Waals surface area (Å²) in [6.07, 6.45) is 3.33. The fourth-order valence-electron chi connectivity index (χ4n) is 2.61. The Labute approximate surface area is 141 Å². The molecule has 6 heteroatoms. The van der Waals surface area contributed by atoms with Crippen LogP contribution in [-0.4, -0.2) is 25.3 Å². The summed E-state index contributed by atoms with van der Waals surface area (Å²) in [6.45, 7) is 8.36. The number of aromatic amines is 1. The van der Waals surface area contributed by atoms with Crippen LogP contribution in [0.15, 0.2) is 28.8 Å². The van der Waals surface area contributed by atoms with Crippen LogP contribution in [-0.2, 0) is 5.41 Å². The highest BCUT2D eigenvalue weighted by Crippen LogP contribution is 2.30. The molecule has 0 saturated heterocycles. The largest absolute Gasteiger partial charge is 0.338 e. The molecule has 0 atom stereocenters. The van der Waals surface area contributed by atoms with E-state index in [1.165, 1.54) is 0 Å². The minimum absolute atomic E-state index is 0.111. The Morgan fingerprint density at radius 2 is 1.88 bits per heavy atom. The van der Waals surface area contributed by atoms with Crippen LogP contribution in [0.1, 0.15) is 51.7 Å². The number of H-pyrrole nitrogens is 1. The number of rotatable bonds is 6. The average molecular weight is 325 g/mol. The molecule has 0 fully saturated rings. The quantitative estimate of drug-likeness (QED) is 0.731. The van der Waals surface area contributed by atoms with Gasteiger partial charge < -0.3 is 4.52 Å². The van der Waals surface area contributed by atoms with Crippen LogP contribution in [0.2, 0.25) is 0 Å². The third kappa shape index (κ3) is 3.37. The van der Waals surface area contributed by atoms with Crippen LogP contribution in [0, 0.1) is 6.92 Å². The molecule has 0 unspecified atom stereocenters. The summed E-state index contributed by atoms with van der Waals surface area (Å²) in [5.41, 5.74) is 1.71. The summed E-state index contributed by atoms with van der Waals surface area (Å²) in [5, 5.41) is 11.2. The van der Waals surface area contributed by atoms with Gasteiger partial charge in [0.25, 0.3) is 0 Å². The SMILES string of the molecule is CCCCC(C)(C)c1nc(-c2cccc(-c3n[nH]c(C)n3)c2)no1. The van der Waals surface area contributed by atoms with Gasteiger partial charge in [-0.2, -0.15) is 10.1 Å². The first kappa shape index (κ1) is 16.4. The Morgan fingerprint density at radius 3 is 2.54 bits per heavy atom. The molecule has 24 heavy (non-hydrogen) atoms. The van der Waals surface area contributed by atoms with Gasteiger partial charge in [0.1, 0.15) is 5.82 Å². The Hall–Kier alpha value is -2.50. The summed E-state index contributed by atoms with van der Waals surface area (Å²) < 4.78 is 5.53. The van der Waals surface area contributed by atoms with Gasteiger partial charge in [-0.1, -0.05) is 57.0 Å². The Kier molecular flexibility index (Phi) is 4.46. The molecule has 1 aromatic carbocycles. The van der Waals surface area contributed by atoms with Gasteiger partial charge in [-0.25, -0.2) is 4.98 Å². The molecule has 1 N–H and O–H groups in total. The van der Waals surface area contributed by atoms with Crippen molar-refractivity contribution in [3.05, 3.63) is 36.0 Å². The molecule has 3 aromatic rings. The first-order valence-electron chi connectivity index (χ1n) is 8.33. The van der Waals surface area contributed by atoms with Crippen molar-refractivity contribution in [2.24, 2.45) is 0 Å². The van der Waals surface area contributed by atoms with E-state index in [1.54, 1.807) is 0 Å². The summed E-state index contributed by atoms with van der Waals surface area (Å²) in [7, 11) is 0. The van der Waals surface area contributed by atoms with Crippen molar-refractivity contribution in [1.82, 2.24) is 25.3 Å². The molecular formula is C18H23N5O. The highest BCUT2D eigenvalue weighted by molar-refractivity contribution is 5.65. The van der Waals surface area contributed by atoms with Gasteiger partial charge in [0.05, 0.1) is 0 Å². The number of hydrogen-bond acceptors (Lipinski definition) is 5. The molecule has 0 amide bonds. The maximum atomic E-state index is 5.53. The molecule has 0 spiro atoms. The monoisotopic (exact) mass is 325 g/mol. The molecule has 2 aromatic heterocycles. The summed E-state index contributed by atoms with van der Waals surface area (Å²) in [4.78, 5) is 8.98. The molecule has 6 nitrogen and oxygen atoms in total. The zero-order chi connectivity index (χ0) is 17.2. The van der Waals surface area contributed by atoms with E-state index >= 15 is 0 Å². The third-order valence-corrected chi connectivity index (χ3v) is 4.14. The number of unbranched alkanes of at least 4 members (excludes halogenated alkanes) is 1. The van der Waals surface area contributed by atoms with Crippen molar-refractivity contribution >= 4 is 0 Å². The van der Waals surface area contributed by atoms with Crippen molar-refractivity contribution in [3.63, 3.8) is 0 Å². The van der Waals surface area contributed by atoms with Crippen molar-refractivity contribution in [1.29, 1.82) is 0 Å². The maximum Gasteiger partial charge on any atom is 0.232 e. The highest BCUT2D eigenvalue weighted by atomic mass is 16.5. The molecule has 0 bridgehead atoms. The van der Waals surface area contributed by atoms with E-state index in [4.69, 9.17) is 4.52 Å². The molecule has 0 aliphatic carbocycles. The van der Waals surface area contributed by atoms with Crippen molar-refractivity contribution in [3.8, 4) is 22.8 Å². The first-order chi connectivity index (χ1) is 11.5. The normalized spacial score (nSPS) is 11.8. The molecule has 126 valence electrons. The molecule has 0 radical (unpaired) electrons. The zero-order valence-corrected chi connectivity index (χ0v) is 14.6. The number of aromatic nitrogens is 5. The lowest BCUT2D eigenvalue weighted by Gasteiger charge is -2.18. The smallest absolute Gasteiger partial charge is 0.232 e. The lowest BCUT2D eigenvalue weighted by molar-refractivity contribution is 0.291. The van der Waals surface area contributed by atoms with Gasteiger partial charge in [0.15, 0.2) is 5.82 Å². The maximum absolute atomic E-state index is 5.53. The second-order valence-corrected chi connectivity index (χ2v) is 6.74. The molecule has 0 aliphatic heterocycles. The standard InChI is InChI=1S/C18H23N5O/c1-5-6-10-18(3,4)17-20-16(23-24-17)14-9-7-8-13(11-14)15-19-12(2)21-22-15/h7-9,11H,5-6,10H2,1-4H3,(H,19,21,22). The predicted octanol–water partition coefficient (Wildman–Crippen LogP) is 4.30. The van der Waals surface area contributed by atoms with Gasteiger partial charge >= 0.3 is 0 Å². The molecule has 0 aliphatic rings. The second-order valence-electron chi connectivity index (χ2n) is 6.74. The minimum Gasteiger partial charge on any atom is -0.338 e. The van der Waals surface area contributed by atoms with Crippen LogP contribution >= 0.6 is 0 Å². The van der Waals surface area contributed by atoms with Gasteiger partial charge in [0.2, 0.25) is 11.7 Å². The molecule has 2 heterocycles. The Balaban J connectivity index is 1.88. The van der Waals surface area contributed by atoms with E-state index in [1.807, 2.05) is 31.2 Å². The number of nitrogens with zero attached hydrogens (tertiary/aromatic N) is 4. The van der Waals surface area contributed by atoms with E-state index in [-0.39, 0.29) is 5.41 Å². The van der Waals surface area contributed by atoms with E-state index < -0.39 is 0 Å². The van der Waals surface area contributed by atoms with Crippen LogP contribution < -0.4 is 0 Å². The number of nitrogens with one attached hydrogen (secondary N) is 1. The van der Waals surface area contributed by atoms with Gasteiger partial charge in [-0.3, -0.25) is 5.10 Å². The van der Waals surface area contributed by atoms with Gasteiger partial charge in [-0.15, -0.1) is 0 Å². The third-order valence-electron chi connectivity index (χ3n) is 4.14. The van der Waals surface area contributed by atoms with Crippen molar-refractivity contribution < 1.29 is 4.52 Å². The molecular weight excluding hydrogens is 302 g/mol. The number of hydrogen-bond donors (Lipinski definition) is 1. The fraction of sp³-hybridized carbons (Fsp3) is 0.444. The Morgan fingerprint density at radius 1 is 1.12 bits per heavy atom. The second kappa shape index (κ2) is 6.55. The van der Waals surface area contributed by atoms with E-state index in [2.05, 4.69) is 46.1 Å². The van der Waals surface area contributed by atoms with Crippen LogP contribution in [0.4, 0.5) is 0 Å². The fourth-order valence-corrected chi connectivity index (χ4v) is 2.61. The van der Waals surface area contributed by atoms with Crippen LogP contribution in [0.5, 0.6) is 0 Å². The average Bonchev–Trinajstić information content (AvgIpc) is 3.23. The number of aryl methyl sites for hydroxylation is 1. The molecule has 0 saturated carbocycles. The van der Waals surface area contributed by atoms with E-state index in [9.17, 15) is 0 Å². The molecule has 3 rings (SSSR count). The summed E-state index contributed by atoms with van der Waals surface area (Å²) in [6, 6.07) is 7.87. The van der Waals surface area contributed by atoms with E-state index in [0.29, 0.717) is 17.5 Å². The summed E-state index contributed by atoms with van der Waals surface area (Å²) >= 11 is 0. The van der Waals surface area contributed by atoms with Gasteiger partial charge in [0, 0.05) is 16.5 Å². The van der Waals surface area contributed by atoms with E-state index in [0.717, 1.165) is 36.2 Å². The summed E-state index contributed by atoms with van der Waals surface area (Å²) in [5.74, 6) is 2.74. The van der Waals surface area contributed by atoms with Crippen LogP contribution in [0.25, 0.3) is 22.8 Å². The zero-order valence-electron chi connectivity index (χ0n) is 14.6. The lowest BCUT2D eigenvalue weighted by atomic mass is 9.87. The highest BCUT2D eigenvalue weighted by Gasteiger charge is 2.27. The topological polar surface area (TPSA) is 80.5 Å². The lowest BCUT2D eigenvalue weighted by Crippen LogP contribution is -2.17. The predicted molar refractivity (Wildman–Crippen MR) is 92.4 cm³/mol. The minimum atomic E-state index is -0.111. The van der Waals surface area contributed by atoms with Crippen molar-refractivity contribution in [2.75, 3.05) is 0 Å². The van der Waals surface area contributed by atoms with Crippen LogP contribution in [0.3, 0.4) is 0 Å². The Bertz CT molecular complexity index is 818. The van der Waals surface area contributed by atoms with Gasteiger partial charge in [-0.05, 0) is 19.4 Å². The number of benzene rings is 1.